The Kier molecular flexibility index (Phi) is 3.62. The lowest BCUT2D eigenvalue weighted by atomic mass is 10.0. The fraction of sp³-hybridized carbons (Fsp3) is 0.0769. The first kappa shape index (κ1) is 11.6. The molecule has 0 aliphatic heterocycles. The summed E-state index contributed by atoms with van der Waals surface area (Å²) in [5, 5.41) is 0.151. The third-order valence-electron chi connectivity index (χ3n) is 2.35. The second kappa shape index (κ2) is 4.98. The van der Waals surface area contributed by atoms with Crippen LogP contribution in [0, 0.1) is 5.82 Å². The normalized spacial score (nSPS) is 12.4. The molecule has 0 aliphatic carbocycles. The van der Waals surface area contributed by atoms with Gasteiger partial charge in [0.2, 0.25) is 0 Å². The fourth-order valence-electron chi connectivity index (χ4n) is 1.52. The Bertz CT molecular complexity index is 485. The maximum Gasteiger partial charge on any atom is 0.146 e. The van der Waals surface area contributed by atoms with Gasteiger partial charge in [-0.15, -0.1) is 0 Å². The molecule has 0 spiro atoms. The summed E-state index contributed by atoms with van der Waals surface area (Å²) in [5.74, 6) is -0.366. The minimum atomic E-state index is -0.366. The van der Waals surface area contributed by atoms with Crippen LogP contribution in [0.15, 0.2) is 48.5 Å². The Balaban J connectivity index is 2.42. The lowest BCUT2D eigenvalue weighted by Crippen LogP contribution is -1.96. The van der Waals surface area contributed by atoms with E-state index in [0.717, 1.165) is 5.56 Å². The number of halogens is 3. The summed E-state index contributed by atoms with van der Waals surface area (Å²) in [5.41, 5.74) is 1.56. The molecule has 2 rings (SSSR count). The Morgan fingerprint density at radius 1 is 1.00 bits per heavy atom. The van der Waals surface area contributed by atoms with Crippen molar-refractivity contribution >= 4 is 27.5 Å². The largest absolute Gasteiger partial charge is 0.205 e. The zero-order chi connectivity index (χ0) is 11.5. The highest BCUT2D eigenvalue weighted by molar-refractivity contribution is 9.09. The minimum Gasteiger partial charge on any atom is -0.205 e. The predicted molar refractivity (Wildman–Crippen MR) is 68.6 cm³/mol. The van der Waals surface area contributed by atoms with Crippen molar-refractivity contribution in [2.24, 2.45) is 0 Å². The number of benzene rings is 2. The van der Waals surface area contributed by atoms with E-state index in [1.165, 1.54) is 0 Å². The van der Waals surface area contributed by atoms with Crippen molar-refractivity contribution in [1.82, 2.24) is 0 Å². The predicted octanol–water partition coefficient (Wildman–Crippen LogP) is 4.96. The van der Waals surface area contributed by atoms with E-state index in [0.29, 0.717) is 5.56 Å². The number of rotatable bonds is 2. The SMILES string of the molecule is Fc1c(Cl)cccc1C(Br)c1ccccc1. The molecule has 82 valence electrons. The van der Waals surface area contributed by atoms with Gasteiger partial charge in [-0.3, -0.25) is 0 Å². The average Bonchev–Trinajstić information content (AvgIpc) is 2.33. The van der Waals surface area contributed by atoms with Gasteiger partial charge in [-0.25, -0.2) is 4.39 Å². The maximum atomic E-state index is 13.8. The molecule has 16 heavy (non-hydrogen) atoms. The summed E-state index contributed by atoms with van der Waals surface area (Å²) in [6, 6.07) is 14.7. The summed E-state index contributed by atoms with van der Waals surface area (Å²) in [4.78, 5) is -0.174. The molecule has 0 aromatic heterocycles. The topological polar surface area (TPSA) is 0 Å². The highest BCUT2D eigenvalue weighted by Crippen LogP contribution is 2.34. The molecule has 0 aliphatic rings. The second-order valence-corrected chi connectivity index (χ2v) is 4.74. The fourth-order valence-corrected chi connectivity index (χ4v) is 2.36. The highest BCUT2D eigenvalue weighted by Gasteiger charge is 2.15. The van der Waals surface area contributed by atoms with Gasteiger partial charge >= 0.3 is 0 Å². The number of hydrogen-bond acceptors (Lipinski definition) is 0. The van der Waals surface area contributed by atoms with E-state index < -0.39 is 0 Å². The Morgan fingerprint density at radius 3 is 2.38 bits per heavy atom. The van der Waals surface area contributed by atoms with E-state index in [-0.39, 0.29) is 15.7 Å². The number of hydrogen-bond donors (Lipinski definition) is 0. The van der Waals surface area contributed by atoms with Crippen molar-refractivity contribution in [3.8, 4) is 0 Å². The molecule has 0 fully saturated rings. The smallest absolute Gasteiger partial charge is 0.146 e. The van der Waals surface area contributed by atoms with Crippen LogP contribution in [-0.4, -0.2) is 0 Å². The standard InChI is InChI=1S/C13H9BrClF/c14-12(9-5-2-1-3-6-9)10-7-4-8-11(15)13(10)16/h1-8,12H. The Hall–Kier alpha value is -0.860. The molecular weight excluding hydrogens is 290 g/mol. The van der Waals surface area contributed by atoms with Crippen LogP contribution in [0.25, 0.3) is 0 Å². The quantitative estimate of drug-likeness (QED) is 0.687. The molecule has 1 atom stereocenters. The highest BCUT2D eigenvalue weighted by atomic mass is 79.9. The Labute approximate surface area is 107 Å². The van der Waals surface area contributed by atoms with E-state index in [2.05, 4.69) is 15.9 Å². The molecule has 0 nitrogen and oxygen atoms in total. The molecule has 0 N–H and O–H groups in total. The summed E-state index contributed by atoms with van der Waals surface area (Å²) >= 11 is 9.23. The van der Waals surface area contributed by atoms with Crippen LogP contribution in [-0.2, 0) is 0 Å². The van der Waals surface area contributed by atoms with Gasteiger partial charge in [0.05, 0.1) is 9.85 Å². The van der Waals surface area contributed by atoms with Crippen LogP contribution in [0.4, 0.5) is 4.39 Å². The van der Waals surface area contributed by atoms with Gasteiger partial charge < -0.3 is 0 Å². The molecule has 3 heteroatoms. The van der Waals surface area contributed by atoms with Gasteiger partial charge in [-0.1, -0.05) is 70.0 Å². The molecule has 1 unspecified atom stereocenters. The molecule has 0 heterocycles. The lowest BCUT2D eigenvalue weighted by molar-refractivity contribution is 0.614. The lowest BCUT2D eigenvalue weighted by Gasteiger charge is -2.12. The van der Waals surface area contributed by atoms with Crippen molar-refractivity contribution in [2.75, 3.05) is 0 Å². The summed E-state index contributed by atoms with van der Waals surface area (Å²) < 4.78 is 13.8. The molecular formula is C13H9BrClF. The zero-order valence-corrected chi connectivity index (χ0v) is 10.7. The van der Waals surface area contributed by atoms with Crippen molar-refractivity contribution in [3.63, 3.8) is 0 Å². The summed E-state index contributed by atoms with van der Waals surface area (Å²) in [6.45, 7) is 0. The molecule has 0 radical (unpaired) electrons. The Morgan fingerprint density at radius 2 is 1.69 bits per heavy atom. The van der Waals surface area contributed by atoms with Crippen molar-refractivity contribution in [3.05, 3.63) is 70.5 Å². The molecule has 0 saturated heterocycles. The summed E-state index contributed by atoms with van der Waals surface area (Å²) in [6.07, 6.45) is 0. The van der Waals surface area contributed by atoms with Gasteiger partial charge in [0, 0.05) is 5.56 Å². The van der Waals surface area contributed by atoms with Crippen LogP contribution < -0.4 is 0 Å². The zero-order valence-electron chi connectivity index (χ0n) is 8.33. The van der Waals surface area contributed by atoms with Gasteiger partial charge in [0.15, 0.2) is 0 Å². The first-order valence-corrected chi connectivity index (χ1v) is 6.12. The van der Waals surface area contributed by atoms with Crippen LogP contribution in [0.5, 0.6) is 0 Å². The van der Waals surface area contributed by atoms with Crippen molar-refractivity contribution in [1.29, 1.82) is 0 Å². The third-order valence-corrected chi connectivity index (χ3v) is 3.66. The average molecular weight is 300 g/mol. The van der Waals surface area contributed by atoms with E-state index >= 15 is 0 Å². The van der Waals surface area contributed by atoms with Crippen LogP contribution >= 0.6 is 27.5 Å². The van der Waals surface area contributed by atoms with E-state index in [1.807, 2.05) is 30.3 Å². The second-order valence-electron chi connectivity index (χ2n) is 3.42. The van der Waals surface area contributed by atoms with E-state index in [4.69, 9.17) is 11.6 Å². The molecule has 0 bridgehead atoms. The van der Waals surface area contributed by atoms with E-state index in [1.54, 1.807) is 18.2 Å². The molecule has 2 aromatic carbocycles. The van der Waals surface area contributed by atoms with Crippen molar-refractivity contribution in [2.45, 2.75) is 4.83 Å². The maximum absolute atomic E-state index is 13.8. The monoisotopic (exact) mass is 298 g/mol. The summed E-state index contributed by atoms with van der Waals surface area (Å²) in [7, 11) is 0. The van der Waals surface area contributed by atoms with Gasteiger partial charge in [0.1, 0.15) is 5.82 Å². The molecule has 0 saturated carbocycles. The van der Waals surface area contributed by atoms with Crippen LogP contribution in [0.1, 0.15) is 16.0 Å². The third kappa shape index (κ3) is 2.28. The molecule has 0 amide bonds. The van der Waals surface area contributed by atoms with Gasteiger partial charge in [0.25, 0.3) is 0 Å². The molecule has 2 aromatic rings. The van der Waals surface area contributed by atoms with E-state index in [9.17, 15) is 4.39 Å². The first-order valence-electron chi connectivity index (χ1n) is 4.83. The van der Waals surface area contributed by atoms with Crippen LogP contribution in [0.3, 0.4) is 0 Å². The van der Waals surface area contributed by atoms with Crippen LogP contribution in [0.2, 0.25) is 5.02 Å². The van der Waals surface area contributed by atoms with Crippen molar-refractivity contribution < 1.29 is 4.39 Å². The van der Waals surface area contributed by atoms with Gasteiger partial charge in [-0.05, 0) is 11.6 Å². The van der Waals surface area contributed by atoms with Gasteiger partial charge in [-0.2, -0.15) is 0 Å². The first-order chi connectivity index (χ1) is 7.70. The number of alkyl halides is 1. The minimum absolute atomic E-state index is 0.151.